The van der Waals surface area contributed by atoms with Crippen molar-refractivity contribution in [1.29, 1.82) is 0 Å². The van der Waals surface area contributed by atoms with Gasteiger partial charge in [-0.2, -0.15) is 13.2 Å². The summed E-state index contributed by atoms with van der Waals surface area (Å²) in [4.78, 5) is 48.3. The number of aryl methyl sites for hydroxylation is 1. The number of aromatic nitrogens is 3. The van der Waals surface area contributed by atoms with Crippen LogP contribution in [0, 0.1) is 19.7 Å². The van der Waals surface area contributed by atoms with Crippen molar-refractivity contribution in [1.82, 2.24) is 19.9 Å². The number of carboxylic acids is 1. The number of carboxylic acid groups (broad SMARTS) is 1. The molecule has 5 rings (SSSR count). The lowest BCUT2D eigenvalue weighted by atomic mass is 9.96. The molecule has 0 saturated carbocycles. The molecule has 0 spiro atoms. The summed E-state index contributed by atoms with van der Waals surface area (Å²) < 4.78 is 62.4. The number of anilines is 1. The first kappa shape index (κ1) is 32.8. The predicted octanol–water partition coefficient (Wildman–Crippen LogP) is 4.60. The molecule has 1 aliphatic rings. The van der Waals surface area contributed by atoms with Gasteiger partial charge in [0.05, 0.1) is 35.0 Å². The van der Waals surface area contributed by atoms with E-state index in [1.165, 1.54) is 10.8 Å². The minimum atomic E-state index is -4.67. The first-order valence-corrected chi connectivity index (χ1v) is 14.4. The number of carbonyl (C=O) groups excluding carboxylic acids is 1. The average Bonchev–Trinajstić information content (AvgIpc) is 3.01. The van der Waals surface area contributed by atoms with Gasteiger partial charge in [-0.3, -0.25) is 14.6 Å². The van der Waals surface area contributed by atoms with E-state index in [1.54, 1.807) is 45.2 Å². The van der Waals surface area contributed by atoms with Gasteiger partial charge in [-0.1, -0.05) is 29.8 Å². The lowest BCUT2D eigenvalue weighted by molar-refractivity contribution is -0.167. The SMILES string of the molecule is Cc1nc(-c2ccc(C[C@H](NC(=O)c3c(F)cc(N4CCOC[C@@H]4C(F)(F)F)cc3Cl)C(=O)O)c3cccnc23)c(=O)n(C)c1C. The summed E-state index contributed by atoms with van der Waals surface area (Å²) in [5, 5.41) is 12.3. The normalized spacial score (nSPS) is 16.0. The summed E-state index contributed by atoms with van der Waals surface area (Å²) in [7, 11) is 1.63. The van der Waals surface area contributed by atoms with E-state index < -0.39 is 53.1 Å². The van der Waals surface area contributed by atoms with Gasteiger partial charge in [0.2, 0.25) is 0 Å². The molecule has 15 heteroatoms. The fourth-order valence-electron chi connectivity index (χ4n) is 5.40. The monoisotopic (exact) mass is 661 g/mol. The van der Waals surface area contributed by atoms with Crippen LogP contribution in [0.3, 0.4) is 0 Å². The molecule has 46 heavy (non-hydrogen) atoms. The molecular weight excluding hydrogens is 634 g/mol. The number of amides is 1. The molecule has 10 nitrogen and oxygen atoms in total. The Morgan fingerprint density at radius 1 is 1.22 bits per heavy atom. The number of pyridine rings is 1. The Morgan fingerprint density at radius 3 is 2.63 bits per heavy atom. The summed E-state index contributed by atoms with van der Waals surface area (Å²) in [6, 6.07) is 4.67. The van der Waals surface area contributed by atoms with Crippen molar-refractivity contribution >= 4 is 40.1 Å². The smallest absolute Gasteiger partial charge is 0.411 e. The summed E-state index contributed by atoms with van der Waals surface area (Å²) in [5.41, 5.74) is 1.51. The molecule has 1 saturated heterocycles. The van der Waals surface area contributed by atoms with Gasteiger partial charge in [0, 0.05) is 48.5 Å². The molecule has 1 fully saturated rings. The number of fused-ring (bicyclic) bond motifs is 1. The van der Waals surface area contributed by atoms with Crippen molar-refractivity contribution in [3.8, 4) is 11.3 Å². The Morgan fingerprint density at radius 2 is 1.96 bits per heavy atom. The Labute approximate surface area is 264 Å². The van der Waals surface area contributed by atoms with Crippen LogP contribution in [-0.4, -0.2) is 69.5 Å². The zero-order valence-corrected chi connectivity index (χ0v) is 25.5. The fourth-order valence-corrected chi connectivity index (χ4v) is 5.69. The van der Waals surface area contributed by atoms with Crippen LogP contribution < -0.4 is 15.8 Å². The van der Waals surface area contributed by atoms with E-state index in [9.17, 15) is 32.7 Å². The van der Waals surface area contributed by atoms with Gasteiger partial charge < -0.3 is 24.6 Å². The number of benzene rings is 2. The fraction of sp³-hybridized carbons (Fsp3) is 0.323. The highest BCUT2D eigenvalue weighted by Gasteiger charge is 2.45. The van der Waals surface area contributed by atoms with E-state index in [1.807, 2.05) is 0 Å². The van der Waals surface area contributed by atoms with Crippen LogP contribution in [0.5, 0.6) is 0 Å². The third kappa shape index (κ3) is 6.27. The van der Waals surface area contributed by atoms with Gasteiger partial charge in [0.1, 0.15) is 23.6 Å². The second kappa shape index (κ2) is 12.7. The van der Waals surface area contributed by atoms with Crippen LogP contribution in [-0.2, 0) is 23.0 Å². The molecule has 1 aliphatic heterocycles. The topological polar surface area (TPSA) is 127 Å². The molecule has 2 aromatic heterocycles. The quantitative estimate of drug-likeness (QED) is 0.276. The number of ether oxygens (including phenoxy) is 1. The lowest BCUT2D eigenvalue weighted by Gasteiger charge is -2.38. The minimum Gasteiger partial charge on any atom is -0.480 e. The Balaban J connectivity index is 1.44. The lowest BCUT2D eigenvalue weighted by Crippen LogP contribution is -2.53. The number of halogens is 5. The minimum absolute atomic E-state index is 0.0304. The molecular formula is C31H28ClF4N5O5. The predicted molar refractivity (Wildman–Crippen MR) is 162 cm³/mol. The highest BCUT2D eigenvalue weighted by molar-refractivity contribution is 6.34. The van der Waals surface area contributed by atoms with Crippen molar-refractivity contribution < 1.29 is 37.0 Å². The number of aliphatic carboxylic acids is 1. The van der Waals surface area contributed by atoms with Gasteiger partial charge in [-0.05, 0) is 37.6 Å². The van der Waals surface area contributed by atoms with Crippen molar-refractivity contribution in [2.75, 3.05) is 24.7 Å². The van der Waals surface area contributed by atoms with E-state index in [-0.39, 0.29) is 36.5 Å². The van der Waals surface area contributed by atoms with Crippen LogP contribution in [0.4, 0.5) is 23.2 Å². The summed E-state index contributed by atoms with van der Waals surface area (Å²) >= 11 is 6.20. The van der Waals surface area contributed by atoms with Crippen LogP contribution in [0.2, 0.25) is 5.02 Å². The van der Waals surface area contributed by atoms with Crippen LogP contribution in [0.15, 0.2) is 47.4 Å². The number of carbonyl (C=O) groups is 2. The zero-order chi connectivity index (χ0) is 33.5. The number of hydrogen-bond acceptors (Lipinski definition) is 7. The van der Waals surface area contributed by atoms with Crippen LogP contribution >= 0.6 is 11.6 Å². The molecule has 242 valence electrons. The van der Waals surface area contributed by atoms with E-state index in [0.717, 1.165) is 17.0 Å². The second-order valence-corrected chi connectivity index (χ2v) is 11.3. The molecule has 4 aromatic rings. The number of nitrogens with zero attached hydrogens (tertiary/aromatic N) is 4. The third-order valence-corrected chi connectivity index (χ3v) is 8.35. The molecule has 0 unspecified atom stereocenters. The van der Waals surface area contributed by atoms with E-state index in [0.29, 0.717) is 33.4 Å². The standard InChI is InChI=1S/C31H28ClF4N5O5/c1-15-16(2)40(3)29(43)27(38-15)20-7-6-17(19-5-4-8-37-26(19)20)11-23(30(44)45)39-28(42)25-21(32)12-18(13-22(25)33)41-9-10-46-14-24(41)31(34,35)36/h4-8,12-13,23-24H,9-11,14H2,1-3H3,(H,39,42)(H,44,45)/t23-,24+/m0/s1. The average molecular weight is 662 g/mol. The summed E-state index contributed by atoms with van der Waals surface area (Å²) in [5.74, 6) is -3.83. The molecule has 2 aromatic carbocycles. The third-order valence-electron chi connectivity index (χ3n) is 8.05. The van der Waals surface area contributed by atoms with E-state index >= 15 is 4.39 Å². The number of rotatable bonds is 7. The molecule has 0 bridgehead atoms. The van der Waals surface area contributed by atoms with Gasteiger partial charge in [-0.25, -0.2) is 14.2 Å². The molecule has 1 amide bonds. The van der Waals surface area contributed by atoms with Gasteiger partial charge in [0.25, 0.3) is 11.5 Å². The Kier molecular flexibility index (Phi) is 9.05. The Bertz CT molecular complexity index is 1890. The number of morpholine rings is 1. The second-order valence-electron chi connectivity index (χ2n) is 10.8. The maximum Gasteiger partial charge on any atom is 0.411 e. The van der Waals surface area contributed by atoms with Gasteiger partial charge >= 0.3 is 12.1 Å². The van der Waals surface area contributed by atoms with Crippen molar-refractivity contribution in [3.63, 3.8) is 0 Å². The zero-order valence-electron chi connectivity index (χ0n) is 24.8. The van der Waals surface area contributed by atoms with Crippen molar-refractivity contribution in [2.24, 2.45) is 7.05 Å². The first-order chi connectivity index (χ1) is 21.7. The van der Waals surface area contributed by atoms with Crippen LogP contribution in [0.25, 0.3) is 22.2 Å². The molecule has 0 aliphatic carbocycles. The summed E-state index contributed by atoms with van der Waals surface area (Å²) in [6.07, 6.45) is -3.42. The number of nitrogens with one attached hydrogen (secondary N) is 1. The molecule has 2 N–H and O–H groups in total. The molecule has 3 heterocycles. The summed E-state index contributed by atoms with van der Waals surface area (Å²) in [6.45, 7) is 2.66. The highest BCUT2D eigenvalue weighted by Crippen LogP contribution is 2.34. The number of alkyl halides is 3. The van der Waals surface area contributed by atoms with Gasteiger partial charge in [-0.15, -0.1) is 0 Å². The maximum atomic E-state index is 15.3. The van der Waals surface area contributed by atoms with Crippen LogP contribution in [0.1, 0.15) is 27.3 Å². The first-order valence-electron chi connectivity index (χ1n) is 14.0. The van der Waals surface area contributed by atoms with Crippen molar-refractivity contribution in [2.45, 2.75) is 38.5 Å². The maximum absolute atomic E-state index is 15.3. The largest absolute Gasteiger partial charge is 0.480 e. The van der Waals surface area contributed by atoms with Crippen molar-refractivity contribution in [3.05, 3.63) is 86.3 Å². The van der Waals surface area contributed by atoms with E-state index in [4.69, 9.17) is 16.3 Å². The Hall–Kier alpha value is -4.56. The highest BCUT2D eigenvalue weighted by atomic mass is 35.5. The number of hydrogen-bond donors (Lipinski definition) is 2. The van der Waals surface area contributed by atoms with E-state index in [2.05, 4.69) is 15.3 Å². The molecule has 0 radical (unpaired) electrons. The van der Waals surface area contributed by atoms with Gasteiger partial charge in [0.15, 0.2) is 0 Å². The molecule has 2 atom stereocenters.